The van der Waals surface area contributed by atoms with Crippen LogP contribution in [0.4, 0.5) is 5.82 Å². The van der Waals surface area contributed by atoms with Crippen LogP contribution in [0.25, 0.3) is 0 Å². The fourth-order valence-corrected chi connectivity index (χ4v) is 2.11. The lowest BCUT2D eigenvalue weighted by Crippen LogP contribution is -2.16. The molecule has 0 spiro atoms. The maximum atomic E-state index is 11.2. The van der Waals surface area contributed by atoms with Crippen LogP contribution in [0.15, 0.2) is 21.6 Å². The van der Waals surface area contributed by atoms with Crippen LogP contribution in [0.5, 0.6) is 0 Å². The van der Waals surface area contributed by atoms with Crippen molar-refractivity contribution in [2.45, 2.75) is 11.8 Å². The summed E-state index contributed by atoms with van der Waals surface area (Å²) < 4.78 is 22.9. The zero-order valence-electron chi connectivity index (χ0n) is 7.49. The van der Waals surface area contributed by atoms with E-state index in [1.54, 1.807) is 0 Å². The molecule has 1 rings (SSSR count). The van der Waals surface area contributed by atoms with Gasteiger partial charge in [0.25, 0.3) is 0 Å². The first-order valence-electron chi connectivity index (χ1n) is 3.87. The lowest BCUT2D eigenvalue weighted by molar-refractivity contribution is 0.597. The van der Waals surface area contributed by atoms with Crippen molar-refractivity contribution in [1.29, 1.82) is 0 Å². The first-order valence-corrected chi connectivity index (χ1v) is 6.21. The van der Waals surface area contributed by atoms with E-state index in [1.807, 2.05) is 6.92 Å². The number of hydrogen-bond acceptors (Lipinski definition) is 4. The van der Waals surface area contributed by atoms with Crippen molar-refractivity contribution in [2.24, 2.45) is 5.14 Å². The molecular formula is C7H10BrN3O2S. The second-order valence-electron chi connectivity index (χ2n) is 2.58. The predicted molar refractivity (Wildman–Crippen MR) is 57.5 cm³/mol. The second kappa shape index (κ2) is 4.24. The number of hydrogen-bond donors (Lipinski definition) is 2. The van der Waals surface area contributed by atoms with Gasteiger partial charge in [0.2, 0.25) is 10.0 Å². The highest BCUT2D eigenvalue weighted by Gasteiger charge is 2.15. The number of sulfonamides is 1. The molecule has 0 aliphatic rings. The Balaban J connectivity index is 3.30. The molecule has 0 bridgehead atoms. The Morgan fingerprint density at radius 1 is 1.64 bits per heavy atom. The van der Waals surface area contributed by atoms with Gasteiger partial charge in [-0.15, -0.1) is 0 Å². The van der Waals surface area contributed by atoms with E-state index in [0.29, 0.717) is 11.0 Å². The molecule has 0 saturated carbocycles. The zero-order chi connectivity index (χ0) is 10.8. The zero-order valence-corrected chi connectivity index (χ0v) is 9.89. The first kappa shape index (κ1) is 11.4. The molecule has 0 saturated heterocycles. The Kier molecular flexibility index (Phi) is 3.46. The highest BCUT2D eigenvalue weighted by Crippen LogP contribution is 2.21. The van der Waals surface area contributed by atoms with Crippen molar-refractivity contribution < 1.29 is 8.42 Å². The average Bonchev–Trinajstić information content (AvgIpc) is 2.07. The molecule has 0 aromatic carbocycles. The van der Waals surface area contributed by atoms with Crippen molar-refractivity contribution in [3.05, 3.63) is 16.7 Å². The van der Waals surface area contributed by atoms with Gasteiger partial charge in [0.1, 0.15) is 10.7 Å². The van der Waals surface area contributed by atoms with E-state index in [2.05, 4.69) is 26.2 Å². The minimum absolute atomic E-state index is 0.00581. The number of pyridine rings is 1. The van der Waals surface area contributed by atoms with E-state index in [9.17, 15) is 8.42 Å². The molecule has 0 amide bonds. The molecule has 1 aromatic rings. The summed E-state index contributed by atoms with van der Waals surface area (Å²) in [5, 5.41) is 7.85. The van der Waals surface area contributed by atoms with Gasteiger partial charge in [-0.2, -0.15) is 0 Å². The van der Waals surface area contributed by atoms with Crippen LogP contribution in [-0.4, -0.2) is 19.9 Å². The predicted octanol–water partition coefficient (Wildman–Crippen LogP) is 0.923. The SMILES string of the molecule is CCNc1ncc(Br)cc1S(N)(=O)=O. The van der Waals surface area contributed by atoms with Gasteiger partial charge in [-0.1, -0.05) is 0 Å². The summed E-state index contributed by atoms with van der Waals surface area (Å²) in [5.41, 5.74) is 0. The van der Waals surface area contributed by atoms with E-state index in [4.69, 9.17) is 5.14 Å². The van der Waals surface area contributed by atoms with Crippen LogP contribution in [0.1, 0.15) is 6.92 Å². The van der Waals surface area contributed by atoms with Crippen LogP contribution in [0, 0.1) is 0 Å². The van der Waals surface area contributed by atoms with Crippen molar-refractivity contribution in [2.75, 3.05) is 11.9 Å². The molecule has 3 N–H and O–H groups in total. The Morgan fingerprint density at radius 3 is 2.79 bits per heavy atom. The molecule has 0 aliphatic carbocycles. The molecule has 7 heteroatoms. The Morgan fingerprint density at radius 2 is 2.29 bits per heavy atom. The average molecular weight is 280 g/mol. The van der Waals surface area contributed by atoms with Crippen molar-refractivity contribution >= 4 is 31.8 Å². The van der Waals surface area contributed by atoms with Gasteiger partial charge in [-0.05, 0) is 28.9 Å². The number of aromatic nitrogens is 1. The van der Waals surface area contributed by atoms with Gasteiger partial charge >= 0.3 is 0 Å². The fourth-order valence-electron chi connectivity index (χ4n) is 0.938. The summed E-state index contributed by atoms with van der Waals surface area (Å²) in [5.74, 6) is 0.276. The van der Waals surface area contributed by atoms with E-state index in [0.717, 1.165) is 0 Å². The lowest BCUT2D eigenvalue weighted by atomic mass is 10.4. The van der Waals surface area contributed by atoms with Crippen LogP contribution >= 0.6 is 15.9 Å². The Labute approximate surface area is 90.9 Å². The summed E-state index contributed by atoms with van der Waals surface area (Å²) in [6, 6.07) is 1.42. The van der Waals surface area contributed by atoms with Gasteiger partial charge in [0.05, 0.1) is 0 Å². The smallest absolute Gasteiger partial charge is 0.241 e. The van der Waals surface area contributed by atoms with Crippen LogP contribution in [-0.2, 0) is 10.0 Å². The third-order valence-electron chi connectivity index (χ3n) is 1.47. The standard InChI is InChI=1S/C7H10BrN3O2S/c1-2-10-7-6(14(9,12)13)3-5(8)4-11-7/h3-4H,2H2,1H3,(H,10,11)(H2,9,12,13). The molecular weight excluding hydrogens is 270 g/mol. The van der Waals surface area contributed by atoms with Gasteiger partial charge in [-0.25, -0.2) is 18.5 Å². The van der Waals surface area contributed by atoms with Gasteiger partial charge in [0.15, 0.2) is 0 Å². The fraction of sp³-hybridized carbons (Fsp3) is 0.286. The molecule has 0 atom stereocenters. The van der Waals surface area contributed by atoms with Gasteiger partial charge in [-0.3, -0.25) is 0 Å². The highest BCUT2D eigenvalue weighted by molar-refractivity contribution is 9.10. The summed E-state index contributed by atoms with van der Waals surface area (Å²) in [6.07, 6.45) is 1.51. The molecule has 5 nitrogen and oxygen atoms in total. The summed E-state index contributed by atoms with van der Waals surface area (Å²) >= 11 is 3.13. The number of anilines is 1. The highest BCUT2D eigenvalue weighted by atomic mass is 79.9. The quantitative estimate of drug-likeness (QED) is 0.862. The Bertz CT molecular complexity index is 433. The number of halogens is 1. The minimum atomic E-state index is -3.73. The van der Waals surface area contributed by atoms with Crippen molar-refractivity contribution in [3.8, 4) is 0 Å². The first-order chi connectivity index (χ1) is 6.45. The van der Waals surface area contributed by atoms with E-state index >= 15 is 0 Å². The third-order valence-corrected chi connectivity index (χ3v) is 2.83. The second-order valence-corrected chi connectivity index (χ2v) is 5.02. The van der Waals surface area contributed by atoms with Crippen molar-refractivity contribution in [3.63, 3.8) is 0 Å². The number of rotatable bonds is 3. The summed E-state index contributed by atoms with van der Waals surface area (Å²) in [6.45, 7) is 2.42. The molecule has 1 aromatic heterocycles. The molecule has 0 aliphatic heterocycles. The van der Waals surface area contributed by atoms with E-state index in [-0.39, 0.29) is 10.7 Å². The molecule has 14 heavy (non-hydrogen) atoms. The normalized spacial score (nSPS) is 11.4. The summed E-state index contributed by atoms with van der Waals surface area (Å²) in [4.78, 5) is 3.91. The van der Waals surface area contributed by atoms with E-state index < -0.39 is 10.0 Å². The van der Waals surface area contributed by atoms with Gasteiger partial charge < -0.3 is 5.32 Å². The number of nitrogens with zero attached hydrogens (tertiary/aromatic N) is 1. The molecule has 0 radical (unpaired) electrons. The molecule has 78 valence electrons. The monoisotopic (exact) mass is 279 g/mol. The van der Waals surface area contributed by atoms with Crippen LogP contribution in [0.2, 0.25) is 0 Å². The molecule has 0 fully saturated rings. The lowest BCUT2D eigenvalue weighted by Gasteiger charge is -2.07. The summed E-state index contributed by atoms with van der Waals surface area (Å²) in [7, 11) is -3.73. The molecule has 0 unspecified atom stereocenters. The van der Waals surface area contributed by atoms with Gasteiger partial charge in [0, 0.05) is 17.2 Å². The number of nitrogens with two attached hydrogens (primary N) is 1. The Hall–Kier alpha value is -0.660. The maximum absolute atomic E-state index is 11.2. The van der Waals surface area contributed by atoms with E-state index in [1.165, 1.54) is 12.3 Å². The van der Waals surface area contributed by atoms with Crippen LogP contribution in [0.3, 0.4) is 0 Å². The maximum Gasteiger partial charge on any atom is 0.241 e. The van der Waals surface area contributed by atoms with Crippen molar-refractivity contribution in [1.82, 2.24) is 4.98 Å². The largest absolute Gasteiger partial charge is 0.369 e. The minimum Gasteiger partial charge on any atom is -0.369 e. The third kappa shape index (κ3) is 2.66. The number of nitrogens with one attached hydrogen (secondary N) is 1. The topological polar surface area (TPSA) is 85.1 Å². The van der Waals surface area contributed by atoms with Crippen LogP contribution < -0.4 is 10.5 Å². The number of primary sulfonamides is 1. The molecule has 1 heterocycles.